The Kier molecular flexibility index (Phi) is 5.83. The average Bonchev–Trinajstić information content (AvgIpc) is 2.25. The van der Waals surface area contributed by atoms with E-state index in [0.29, 0.717) is 15.6 Å². The van der Waals surface area contributed by atoms with E-state index >= 15 is 0 Å². The molecule has 1 aromatic rings. The molecular weight excluding hydrogens is 301 g/mol. The molecule has 1 rings (SSSR count). The summed E-state index contributed by atoms with van der Waals surface area (Å²) in [5, 5.41) is 20.5. The molecule has 1 amide bonds. The quantitative estimate of drug-likeness (QED) is 0.877. The van der Waals surface area contributed by atoms with Gasteiger partial charge in [-0.15, -0.1) is 0 Å². The fourth-order valence-electron chi connectivity index (χ4n) is 1.88. The molecular formula is C14H19Cl2NO3. The molecule has 0 spiro atoms. The second-order valence-corrected chi connectivity index (χ2v) is 6.36. The summed E-state index contributed by atoms with van der Waals surface area (Å²) in [6.07, 6.45) is -1.08. The van der Waals surface area contributed by atoms with Crippen LogP contribution in [0.25, 0.3) is 0 Å². The fourth-order valence-corrected chi connectivity index (χ4v) is 2.42. The van der Waals surface area contributed by atoms with Crippen LogP contribution in [0, 0.1) is 0 Å². The summed E-state index contributed by atoms with van der Waals surface area (Å²) in [7, 11) is 1.58. The molecule has 4 nitrogen and oxygen atoms in total. The Bertz CT molecular complexity index is 466. The first-order valence-electron chi connectivity index (χ1n) is 6.19. The number of hydrogen-bond donors (Lipinski definition) is 2. The van der Waals surface area contributed by atoms with Crippen molar-refractivity contribution in [3.8, 4) is 0 Å². The van der Waals surface area contributed by atoms with Gasteiger partial charge >= 0.3 is 0 Å². The van der Waals surface area contributed by atoms with Crippen LogP contribution in [0.2, 0.25) is 10.0 Å². The van der Waals surface area contributed by atoms with Crippen LogP contribution < -0.4 is 0 Å². The summed E-state index contributed by atoms with van der Waals surface area (Å²) in [4.78, 5) is 13.3. The fraction of sp³-hybridized carbons (Fsp3) is 0.500. The summed E-state index contributed by atoms with van der Waals surface area (Å²) in [5.41, 5.74) is -0.484. The van der Waals surface area contributed by atoms with Gasteiger partial charge in [0.15, 0.2) is 0 Å². The Morgan fingerprint density at radius 3 is 2.25 bits per heavy atom. The molecule has 6 heteroatoms. The predicted octanol–water partition coefficient (Wildman–Crippen LogP) is 2.65. The SMILES string of the molecule is CN(CC(C)(C)O)C(=O)CC(O)c1cc(Cl)cc(Cl)c1. The van der Waals surface area contributed by atoms with E-state index in [4.69, 9.17) is 23.2 Å². The van der Waals surface area contributed by atoms with E-state index in [1.807, 2.05) is 0 Å². The monoisotopic (exact) mass is 319 g/mol. The van der Waals surface area contributed by atoms with Gasteiger partial charge in [-0.05, 0) is 37.6 Å². The average molecular weight is 320 g/mol. The molecule has 20 heavy (non-hydrogen) atoms. The molecule has 112 valence electrons. The molecule has 2 N–H and O–H groups in total. The Hall–Kier alpha value is -0.810. The molecule has 0 fully saturated rings. The van der Waals surface area contributed by atoms with Gasteiger partial charge in [-0.2, -0.15) is 0 Å². The van der Waals surface area contributed by atoms with E-state index in [-0.39, 0.29) is 18.9 Å². The van der Waals surface area contributed by atoms with Crippen molar-refractivity contribution in [3.63, 3.8) is 0 Å². The van der Waals surface area contributed by atoms with Crippen LogP contribution in [0.4, 0.5) is 0 Å². The number of aliphatic hydroxyl groups is 2. The predicted molar refractivity (Wildman–Crippen MR) is 80.0 cm³/mol. The van der Waals surface area contributed by atoms with Crippen molar-refractivity contribution >= 4 is 29.1 Å². The Labute approximate surface area is 128 Å². The zero-order chi connectivity index (χ0) is 15.5. The molecule has 0 aliphatic heterocycles. The molecule has 0 aromatic heterocycles. The number of halogens is 2. The number of likely N-dealkylation sites (N-methyl/N-ethyl adjacent to an activating group) is 1. The molecule has 0 heterocycles. The molecule has 1 unspecified atom stereocenters. The molecule has 0 saturated heterocycles. The molecule has 0 bridgehead atoms. The van der Waals surface area contributed by atoms with Crippen molar-refractivity contribution in [1.29, 1.82) is 0 Å². The minimum absolute atomic E-state index is 0.0940. The lowest BCUT2D eigenvalue weighted by Crippen LogP contribution is -2.40. The summed E-state index contributed by atoms with van der Waals surface area (Å²) in [5.74, 6) is -0.268. The van der Waals surface area contributed by atoms with Crippen LogP contribution in [0.1, 0.15) is 31.9 Å². The topological polar surface area (TPSA) is 60.8 Å². The number of carbonyl (C=O) groups is 1. The lowest BCUT2D eigenvalue weighted by Gasteiger charge is -2.26. The minimum atomic E-state index is -0.983. The van der Waals surface area contributed by atoms with Crippen molar-refractivity contribution in [3.05, 3.63) is 33.8 Å². The number of carbonyl (C=O) groups excluding carboxylic acids is 1. The number of rotatable bonds is 5. The van der Waals surface area contributed by atoms with E-state index in [2.05, 4.69) is 0 Å². The van der Waals surface area contributed by atoms with Gasteiger partial charge in [0.2, 0.25) is 5.91 Å². The Morgan fingerprint density at radius 1 is 1.30 bits per heavy atom. The van der Waals surface area contributed by atoms with Crippen LogP contribution in [-0.2, 0) is 4.79 Å². The van der Waals surface area contributed by atoms with Gasteiger partial charge < -0.3 is 15.1 Å². The lowest BCUT2D eigenvalue weighted by atomic mass is 10.1. The van der Waals surface area contributed by atoms with Gasteiger partial charge in [-0.25, -0.2) is 0 Å². The number of aliphatic hydroxyl groups excluding tert-OH is 1. The van der Waals surface area contributed by atoms with Gasteiger partial charge in [0, 0.05) is 23.6 Å². The number of nitrogens with zero attached hydrogens (tertiary/aromatic N) is 1. The largest absolute Gasteiger partial charge is 0.389 e. The second kappa shape index (κ2) is 6.76. The summed E-state index contributed by atoms with van der Waals surface area (Å²) in [6.45, 7) is 3.42. The Balaban J connectivity index is 2.70. The molecule has 0 aliphatic carbocycles. The first-order valence-corrected chi connectivity index (χ1v) is 6.94. The van der Waals surface area contributed by atoms with Crippen molar-refractivity contribution in [2.45, 2.75) is 32.0 Å². The van der Waals surface area contributed by atoms with E-state index < -0.39 is 11.7 Å². The van der Waals surface area contributed by atoms with E-state index in [9.17, 15) is 15.0 Å². The minimum Gasteiger partial charge on any atom is -0.389 e. The molecule has 1 aromatic carbocycles. The van der Waals surface area contributed by atoms with Crippen LogP contribution in [0.15, 0.2) is 18.2 Å². The summed E-state index contributed by atoms with van der Waals surface area (Å²) < 4.78 is 0. The van der Waals surface area contributed by atoms with E-state index in [1.165, 1.54) is 4.90 Å². The highest BCUT2D eigenvalue weighted by Gasteiger charge is 2.22. The zero-order valence-corrected chi connectivity index (χ0v) is 13.2. The summed E-state index contributed by atoms with van der Waals surface area (Å²) in [6, 6.07) is 4.70. The lowest BCUT2D eigenvalue weighted by molar-refractivity contribution is -0.134. The van der Waals surface area contributed by atoms with Crippen molar-refractivity contribution < 1.29 is 15.0 Å². The standard InChI is InChI=1S/C14H19Cl2NO3/c1-14(2,20)8-17(3)13(19)7-12(18)9-4-10(15)6-11(16)5-9/h4-6,12,18,20H,7-8H2,1-3H3. The summed E-state index contributed by atoms with van der Waals surface area (Å²) >= 11 is 11.7. The second-order valence-electron chi connectivity index (χ2n) is 5.48. The number of benzene rings is 1. The maximum absolute atomic E-state index is 12.0. The van der Waals surface area contributed by atoms with Crippen molar-refractivity contribution in [2.24, 2.45) is 0 Å². The highest BCUT2D eigenvalue weighted by molar-refractivity contribution is 6.34. The van der Waals surface area contributed by atoms with Gasteiger partial charge in [-0.3, -0.25) is 4.79 Å². The van der Waals surface area contributed by atoms with Gasteiger partial charge in [0.25, 0.3) is 0 Å². The molecule has 0 saturated carbocycles. The zero-order valence-electron chi connectivity index (χ0n) is 11.7. The third-order valence-electron chi connectivity index (χ3n) is 2.69. The van der Waals surface area contributed by atoms with Crippen LogP contribution >= 0.6 is 23.2 Å². The highest BCUT2D eigenvalue weighted by atomic mass is 35.5. The van der Waals surface area contributed by atoms with Crippen LogP contribution in [0.3, 0.4) is 0 Å². The molecule has 1 atom stereocenters. The third-order valence-corrected chi connectivity index (χ3v) is 3.12. The van der Waals surface area contributed by atoms with Crippen LogP contribution in [-0.4, -0.2) is 40.2 Å². The van der Waals surface area contributed by atoms with Gasteiger partial charge in [-0.1, -0.05) is 23.2 Å². The van der Waals surface area contributed by atoms with E-state index in [1.54, 1.807) is 39.1 Å². The van der Waals surface area contributed by atoms with Crippen molar-refractivity contribution in [1.82, 2.24) is 4.90 Å². The first kappa shape index (κ1) is 17.2. The maximum atomic E-state index is 12.0. The van der Waals surface area contributed by atoms with Crippen LogP contribution in [0.5, 0.6) is 0 Å². The smallest absolute Gasteiger partial charge is 0.225 e. The van der Waals surface area contributed by atoms with Gasteiger partial charge in [0.1, 0.15) is 0 Å². The first-order chi connectivity index (χ1) is 9.08. The maximum Gasteiger partial charge on any atom is 0.225 e. The third kappa shape index (κ3) is 5.67. The molecule has 0 aliphatic rings. The van der Waals surface area contributed by atoms with E-state index in [0.717, 1.165) is 0 Å². The normalized spacial score (nSPS) is 13.2. The highest BCUT2D eigenvalue weighted by Crippen LogP contribution is 2.25. The molecule has 0 radical (unpaired) electrons. The number of amides is 1. The Morgan fingerprint density at radius 2 is 1.80 bits per heavy atom. The van der Waals surface area contributed by atoms with Crippen molar-refractivity contribution in [2.75, 3.05) is 13.6 Å². The van der Waals surface area contributed by atoms with Gasteiger partial charge in [0.05, 0.1) is 18.1 Å². The number of hydrogen-bond acceptors (Lipinski definition) is 3.